The Morgan fingerprint density at radius 2 is 2.45 bits per heavy atom. The van der Waals surface area contributed by atoms with Crippen LogP contribution in [0, 0.1) is 0 Å². The quantitative estimate of drug-likeness (QED) is 0.256. The van der Waals surface area contributed by atoms with E-state index in [1.807, 2.05) is 0 Å². The number of hydrogen-bond donors (Lipinski definition) is 0. The van der Waals surface area contributed by atoms with Gasteiger partial charge in [-0.05, 0) is 12.5 Å². The SMILES string of the molecule is CC1OS(=O)(=O)C=C1N=[N+]=[N-]. The van der Waals surface area contributed by atoms with Gasteiger partial charge in [0.05, 0.1) is 11.1 Å². The average Bonchev–Trinajstić information content (AvgIpc) is 2.07. The molecule has 1 aliphatic rings. The van der Waals surface area contributed by atoms with Gasteiger partial charge in [0.25, 0.3) is 10.1 Å². The zero-order chi connectivity index (χ0) is 8.48. The Morgan fingerprint density at radius 3 is 2.82 bits per heavy atom. The van der Waals surface area contributed by atoms with Crippen molar-refractivity contribution in [3.63, 3.8) is 0 Å². The van der Waals surface area contributed by atoms with Gasteiger partial charge in [0.2, 0.25) is 0 Å². The molecule has 1 heterocycles. The van der Waals surface area contributed by atoms with Crippen molar-refractivity contribution < 1.29 is 12.6 Å². The standard InChI is InChI=1S/C4H5N3O3S/c1-3-4(6-7-5)2-11(8,9)10-3/h2-3H,1H3. The minimum Gasteiger partial charge on any atom is -0.259 e. The van der Waals surface area contributed by atoms with E-state index in [-0.39, 0.29) is 5.70 Å². The van der Waals surface area contributed by atoms with Gasteiger partial charge >= 0.3 is 0 Å². The lowest BCUT2D eigenvalue weighted by Crippen LogP contribution is -2.04. The van der Waals surface area contributed by atoms with E-state index in [0.29, 0.717) is 0 Å². The normalized spacial score (nSPS) is 27.4. The number of azide groups is 1. The van der Waals surface area contributed by atoms with E-state index in [0.717, 1.165) is 5.41 Å². The summed E-state index contributed by atoms with van der Waals surface area (Å²) in [5, 5.41) is 3.95. The van der Waals surface area contributed by atoms with Crippen molar-refractivity contribution in [1.29, 1.82) is 0 Å². The molecule has 60 valence electrons. The van der Waals surface area contributed by atoms with E-state index >= 15 is 0 Å². The minimum absolute atomic E-state index is 0.0903. The lowest BCUT2D eigenvalue weighted by molar-refractivity contribution is 0.279. The summed E-state index contributed by atoms with van der Waals surface area (Å²) in [6.45, 7) is 1.49. The molecule has 1 unspecified atom stereocenters. The van der Waals surface area contributed by atoms with Crippen LogP contribution in [0.15, 0.2) is 16.2 Å². The second-order valence-electron chi connectivity index (χ2n) is 1.96. The maximum absolute atomic E-state index is 10.6. The summed E-state index contributed by atoms with van der Waals surface area (Å²) in [5.41, 5.74) is 8.07. The lowest BCUT2D eigenvalue weighted by Gasteiger charge is -1.98. The van der Waals surface area contributed by atoms with E-state index in [1.54, 1.807) is 0 Å². The molecule has 1 atom stereocenters. The first-order chi connectivity index (χ1) is 5.05. The summed E-state index contributed by atoms with van der Waals surface area (Å²) < 4.78 is 25.7. The first kappa shape index (κ1) is 8.06. The molecule has 7 heteroatoms. The van der Waals surface area contributed by atoms with Crippen LogP contribution in [-0.4, -0.2) is 14.5 Å². The van der Waals surface area contributed by atoms with Crippen LogP contribution in [0.2, 0.25) is 0 Å². The smallest absolute Gasteiger partial charge is 0.259 e. The summed E-state index contributed by atoms with van der Waals surface area (Å²) in [4.78, 5) is 2.45. The highest BCUT2D eigenvalue weighted by Gasteiger charge is 2.25. The average molecular weight is 175 g/mol. The van der Waals surface area contributed by atoms with Gasteiger partial charge in [-0.2, -0.15) is 8.42 Å². The first-order valence-corrected chi connectivity index (χ1v) is 4.22. The second kappa shape index (κ2) is 2.54. The predicted octanol–water partition coefficient (Wildman–Crippen LogP) is 0.887. The van der Waals surface area contributed by atoms with Crippen LogP contribution < -0.4 is 0 Å². The molecule has 1 aliphatic heterocycles. The number of hydrogen-bond acceptors (Lipinski definition) is 4. The highest BCUT2D eigenvalue weighted by atomic mass is 32.2. The Kier molecular flexibility index (Phi) is 1.86. The molecule has 0 amide bonds. The van der Waals surface area contributed by atoms with E-state index in [2.05, 4.69) is 14.2 Å². The van der Waals surface area contributed by atoms with Crippen LogP contribution in [0.25, 0.3) is 10.4 Å². The summed E-state index contributed by atoms with van der Waals surface area (Å²) in [7, 11) is -3.59. The van der Waals surface area contributed by atoms with Crippen LogP contribution in [0.5, 0.6) is 0 Å². The molecule has 0 bridgehead atoms. The maximum Gasteiger partial charge on any atom is 0.290 e. The Balaban J connectivity index is 3.07. The fourth-order valence-electron chi connectivity index (χ4n) is 0.678. The van der Waals surface area contributed by atoms with Crippen molar-refractivity contribution in [2.75, 3.05) is 0 Å². The van der Waals surface area contributed by atoms with Gasteiger partial charge in [-0.15, -0.1) is 0 Å². The fraction of sp³-hybridized carbons (Fsp3) is 0.500. The van der Waals surface area contributed by atoms with Crippen molar-refractivity contribution in [2.45, 2.75) is 13.0 Å². The van der Waals surface area contributed by atoms with Crippen LogP contribution in [0.3, 0.4) is 0 Å². The summed E-state index contributed by atoms with van der Waals surface area (Å²) in [5.74, 6) is 0. The van der Waals surface area contributed by atoms with Gasteiger partial charge < -0.3 is 0 Å². The van der Waals surface area contributed by atoms with Gasteiger partial charge in [0.15, 0.2) is 0 Å². The molecule has 0 aromatic carbocycles. The first-order valence-electron chi connectivity index (χ1n) is 2.75. The summed E-state index contributed by atoms with van der Waals surface area (Å²) in [6.07, 6.45) is -0.670. The van der Waals surface area contributed by atoms with Crippen LogP contribution >= 0.6 is 0 Å². The fourth-order valence-corrected chi connectivity index (χ4v) is 1.77. The van der Waals surface area contributed by atoms with E-state index in [1.165, 1.54) is 6.92 Å². The molecule has 0 fully saturated rings. The minimum atomic E-state index is -3.59. The van der Waals surface area contributed by atoms with Gasteiger partial charge in [-0.25, -0.2) is 0 Å². The monoisotopic (exact) mass is 175 g/mol. The van der Waals surface area contributed by atoms with E-state index in [4.69, 9.17) is 5.53 Å². The van der Waals surface area contributed by atoms with Crippen molar-refractivity contribution in [2.24, 2.45) is 5.11 Å². The third-order valence-corrected chi connectivity index (χ3v) is 2.21. The molecule has 6 nitrogen and oxygen atoms in total. The molecule has 0 saturated carbocycles. The molecule has 11 heavy (non-hydrogen) atoms. The largest absolute Gasteiger partial charge is 0.290 e. The molecule has 0 aliphatic carbocycles. The van der Waals surface area contributed by atoms with Crippen molar-refractivity contribution in [3.05, 3.63) is 21.5 Å². The van der Waals surface area contributed by atoms with Gasteiger partial charge in [0, 0.05) is 4.91 Å². The van der Waals surface area contributed by atoms with Crippen molar-refractivity contribution in [3.8, 4) is 0 Å². The summed E-state index contributed by atoms with van der Waals surface area (Å²) >= 11 is 0. The van der Waals surface area contributed by atoms with E-state index in [9.17, 15) is 8.42 Å². The Morgan fingerprint density at radius 1 is 1.82 bits per heavy atom. The van der Waals surface area contributed by atoms with Crippen molar-refractivity contribution in [1.82, 2.24) is 0 Å². The molecule has 1 rings (SSSR count). The number of nitrogens with zero attached hydrogens (tertiary/aromatic N) is 3. The van der Waals surface area contributed by atoms with Crippen LogP contribution in [-0.2, 0) is 14.3 Å². The van der Waals surface area contributed by atoms with Crippen LogP contribution in [0.1, 0.15) is 6.92 Å². The molecule has 0 aromatic rings. The third kappa shape index (κ3) is 1.70. The lowest BCUT2D eigenvalue weighted by atomic mass is 10.3. The zero-order valence-corrected chi connectivity index (χ0v) is 6.45. The van der Waals surface area contributed by atoms with Gasteiger partial charge in [0.1, 0.15) is 6.10 Å². The maximum atomic E-state index is 10.6. The zero-order valence-electron chi connectivity index (χ0n) is 5.63. The molecule has 0 N–H and O–H groups in total. The summed E-state index contributed by atoms with van der Waals surface area (Å²) in [6, 6.07) is 0. The second-order valence-corrected chi connectivity index (χ2v) is 3.38. The van der Waals surface area contributed by atoms with Crippen LogP contribution in [0.4, 0.5) is 0 Å². The molecule has 0 aromatic heterocycles. The number of rotatable bonds is 1. The Bertz CT molecular complexity index is 338. The van der Waals surface area contributed by atoms with Crippen molar-refractivity contribution >= 4 is 10.1 Å². The molecule has 0 spiro atoms. The van der Waals surface area contributed by atoms with E-state index < -0.39 is 16.2 Å². The van der Waals surface area contributed by atoms with Gasteiger partial charge in [-0.3, -0.25) is 4.18 Å². The Hall–Kier alpha value is -1.04. The topological polar surface area (TPSA) is 92.1 Å². The van der Waals surface area contributed by atoms with Gasteiger partial charge in [-0.1, -0.05) is 5.11 Å². The highest BCUT2D eigenvalue weighted by Crippen LogP contribution is 2.21. The highest BCUT2D eigenvalue weighted by molar-refractivity contribution is 7.90. The molecular formula is C4H5N3O3S. The molecular weight excluding hydrogens is 170 g/mol. The predicted molar refractivity (Wildman–Crippen MR) is 36.7 cm³/mol. The Labute approximate surface area is 63.2 Å². The third-order valence-electron chi connectivity index (χ3n) is 1.12. The molecule has 0 saturated heterocycles. The molecule has 0 radical (unpaired) electrons.